The van der Waals surface area contributed by atoms with Crippen molar-refractivity contribution < 1.29 is 74.8 Å². The number of ether oxygens (including phenoxy) is 6. The lowest BCUT2D eigenvalue weighted by Gasteiger charge is -2.16. The average molecular weight is 865 g/mol. The fourth-order valence-corrected chi connectivity index (χ4v) is 4.78. The van der Waals surface area contributed by atoms with Crippen molar-refractivity contribution in [1.29, 1.82) is 0 Å². The molecule has 63 heavy (non-hydrogen) atoms. The third kappa shape index (κ3) is 12.5. The predicted octanol–water partition coefficient (Wildman–Crippen LogP) is 8.98. The van der Waals surface area contributed by atoms with Gasteiger partial charge in [0.25, 0.3) is 0 Å². The molecular formula is C47H32F4O12. The molecule has 0 aliphatic rings. The van der Waals surface area contributed by atoms with Gasteiger partial charge < -0.3 is 28.4 Å². The second-order valence-corrected chi connectivity index (χ2v) is 12.7. The van der Waals surface area contributed by atoms with Crippen LogP contribution in [0.3, 0.4) is 0 Å². The molecule has 12 nitrogen and oxygen atoms in total. The summed E-state index contributed by atoms with van der Waals surface area (Å²) < 4.78 is 85.9. The van der Waals surface area contributed by atoms with Crippen molar-refractivity contribution in [3.63, 3.8) is 0 Å². The average Bonchev–Trinajstić information content (AvgIpc) is 3.23. The third-order valence-corrected chi connectivity index (χ3v) is 7.90. The fraction of sp³-hybridized carbons (Fsp3) is 0.0638. The predicted molar refractivity (Wildman–Crippen MR) is 219 cm³/mol. The van der Waals surface area contributed by atoms with Crippen molar-refractivity contribution in [2.45, 2.75) is 20.0 Å². The van der Waals surface area contributed by atoms with Crippen molar-refractivity contribution >= 4 is 35.8 Å². The van der Waals surface area contributed by atoms with Crippen molar-refractivity contribution in [1.82, 2.24) is 0 Å². The molecule has 0 aliphatic heterocycles. The Balaban J connectivity index is 1.88. The number of hydrogen-bond acceptors (Lipinski definition) is 12. The molecule has 0 N–H and O–H groups in total. The molecule has 320 valence electrons. The first-order valence-electron chi connectivity index (χ1n) is 17.7. The molecule has 0 bridgehead atoms. The van der Waals surface area contributed by atoms with Gasteiger partial charge in [0.15, 0.2) is 11.5 Å². The number of esters is 6. The van der Waals surface area contributed by atoms with Gasteiger partial charge in [-0.25, -0.2) is 28.8 Å². The smallest absolute Gasteiger partial charge is 0.422 e. The highest BCUT2D eigenvalue weighted by molar-refractivity contribution is 5.94. The van der Waals surface area contributed by atoms with Crippen molar-refractivity contribution in [3.8, 4) is 68.6 Å². The van der Waals surface area contributed by atoms with E-state index in [0.29, 0.717) is 5.56 Å². The Bertz CT molecular complexity index is 2730. The lowest BCUT2D eigenvalue weighted by molar-refractivity contribution is -0.142. The number of benzene rings is 4. The summed E-state index contributed by atoms with van der Waals surface area (Å²) >= 11 is 0. The summed E-state index contributed by atoms with van der Waals surface area (Å²) in [6.07, 6.45) is -3.44. The summed E-state index contributed by atoms with van der Waals surface area (Å²) in [6, 6.07) is 15.5. The van der Waals surface area contributed by atoms with Crippen LogP contribution in [0.5, 0.6) is 34.5 Å². The minimum absolute atomic E-state index is 0.0129. The fourth-order valence-electron chi connectivity index (χ4n) is 4.78. The summed E-state index contributed by atoms with van der Waals surface area (Å²) in [4.78, 5) is 74.0. The summed E-state index contributed by atoms with van der Waals surface area (Å²) in [5, 5.41) is 0. The van der Waals surface area contributed by atoms with Crippen LogP contribution in [0.15, 0.2) is 147 Å². The second-order valence-electron chi connectivity index (χ2n) is 12.7. The highest BCUT2D eigenvalue weighted by Gasteiger charge is 2.38. The SMILES string of the molecule is C=CC(=O)Oc1ccc(-c2ccc(C#Cc3ccc(-c4ccc(OC(=O)C=C)c(OC(=O)C(=C)C)c4)cc3OC(=O)C(=C)F)cc2OC(=O)C(=C)C(F)(F)F)c(OC(=O)C(=C)C)c1. The van der Waals surface area contributed by atoms with Crippen LogP contribution in [0.1, 0.15) is 25.0 Å². The zero-order valence-electron chi connectivity index (χ0n) is 33.2. The zero-order chi connectivity index (χ0) is 46.8. The van der Waals surface area contributed by atoms with Crippen LogP contribution in [0.25, 0.3) is 22.3 Å². The molecule has 0 fully saturated rings. The Morgan fingerprint density at radius 2 is 1.05 bits per heavy atom. The first-order valence-corrected chi connectivity index (χ1v) is 17.7. The lowest BCUT2D eigenvalue weighted by Crippen LogP contribution is -2.23. The molecule has 4 aromatic rings. The first kappa shape index (κ1) is 47.1. The van der Waals surface area contributed by atoms with Gasteiger partial charge in [-0.15, -0.1) is 0 Å². The summed E-state index contributed by atoms with van der Waals surface area (Å²) in [7, 11) is 0. The van der Waals surface area contributed by atoms with E-state index >= 15 is 0 Å². The van der Waals surface area contributed by atoms with Crippen molar-refractivity contribution in [2.75, 3.05) is 0 Å². The highest BCUT2D eigenvalue weighted by Crippen LogP contribution is 2.41. The normalized spacial score (nSPS) is 10.4. The van der Waals surface area contributed by atoms with Crippen LogP contribution in [0, 0.1) is 11.8 Å². The van der Waals surface area contributed by atoms with Crippen LogP contribution >= 0.6 is 0 Å². The lowest BCUT2D eigenvalue weighted by atomic mass is 10.0. The van der Waals surface area contributed by atoms with Gasteiger partial charge in [-0.3, -0.25) is 0 Å². The van der Waals surface area contributed by atoms with Gasteiger partial charge in [0.2, 0.25) is 5.83 Å². The van der Waals surface area contributed by atoms with Crippen LogP contribution in [-0.4, -0.2) is 42.0 Å². The highest BCUT2D eigenvalue weighted by atomic mass is 19.4. The molecule has 0 saturated heterocycles. The molecule has 0 saturated carbocycles. The third-order valence-electron chi connectivity index (χ3n) is 7.90. The Kier molecular flexibility index (Phi) is 15.0. The molecule has 4 rings (SSSR count). The van der Waals surface area contributed by atoms with Gasteiger partial charge in [-0.2, -0.15) is 17.6 Å². The van der Waals surface area contributed by atoms with Crippen molar-refractivity contribution in [2.24, 2.45) is 0 Å². The Morgan fingerprint density at radius 1 is 0.540 bits per heavy atom. The maximum atomic E-state index is 13.9. The topological polar surface area (TPSA) is 158 Å². The van der Waals surface area contributed by atoms with E-state index in [9.17, 15) is 46.3 Å². The maximum Gasteiger partial charge on any atom is 0.422 e. The van der Waals surface area contributed by atoms with E-state index in [1.54, 1.807) is 0 Å². The van der Waals surface area contributed by atoms with Gasteiger partial charge in [0.05, 0.1) is 5.56 Å². The molecule has 4 aromatic carbocycles. The van der Waals surface area contributed by atoms with Gasteiger partial charge in [-0.05, 0) is 79.6 Å². The molecule has 16 heteroatoms. The molecule has 0 heterocycles. The molecule has 0 unspecified atom stereocenters. The van der Waals surface area contributed by atoms with E-state index < -0.39 is 59.1 Å². The monoisotopic (exact) mass is 864 g/mol. The van der Waals surface area contributed by atoms with E-state index in [2.05, 4.69) is 51.3 Å². The van der Waals surface area contributed by atoms with E-state index in [0.717, 1.165) is 24.3 Å². The van der Waals surface area contributed by atoms with Gasteiger partial charge in [0.1, 0.15) is 28.6 Å². The number of carbonyl (C=O) groups excluding carboxylic acids is 6. The number of rotatable bonds is 14. The molecular weight excluding hydrogens is 832 g/mol. The largest absolute Gasteiger partial charge is 0.423 e. The molecule has 0 spiro atoms. The summed E-state index contributed by atoms with van der Waals surface area (Å²) in [5.74, 6) is -4.61. The van der Waals surface area contributed by atoms with Crippen LogP contribution in [0.2, 0.25) is 0 Å². The van der Waals surface area contributed by atoms with E-state index in [1.807, 2.05) is 0 Å². The molecule has 0 aliphatic carbocycles. The maximum absolute atomic E-state index is 13.9. The van der Waals surface area contributed by atoms with Crippen LogP contribution < -0.4 is 28.4 Å². The van der Waals surface area contributed by atoms with Crippen LogP contribution in [-0.2, 0) is 28.8 Å². The standard InChI is InChI=1S/C47H32F4O12/c1-9-41(52)58-33-17-19-35(39(24-33)61-43(54)25(3)4)34-18-12-29(21-38(34)62-45(56)27(7)47(49,50)51)11-13-30-14-15-31(22-37(30)60-46(57)28(8)48)32-16-20-36(59-42(53)10-2)40(23-32)63-44(55)26(5)6/h9-10,12,14-24H,1-3,5,7-8H2,4,6H3. The Labute approximate surface area is 356 Å². The van der Waals surface area contributed by atoms with Gasteiger partial charge in [0, 0.05) is 46.1 Å². The Morgan fingerprint density at radius 3 is 1.62 bits per heavy atom. The quantitative estimate of drug-likeness (QED) is 0.0390. The minimum Gasteiger partial charge on any atom is -0.423 e. The number of carbonyl (C=O) groups is 6. The van der Waals surface area contributed by atoms with E-state index in [4.69, 9.17) is 28.4 Å². The number of hydrogen-bond donors (Lipinski definition) is 0. The Hall–Kier alpha value is -8.58. The first-order chi connectivity index (χ1) is 29.6. The van der Waals surface area contributed by atoms with Crippen molar-refractivity contribution in [3.05, 3.63) is 158 Å². The minimum atomic E-state index is -5.19. The van der Waals surface area contributed by atoms with E-state index in [1.165, 1.54) is 74.5 Å². The molecule has 0 aromatic heterocycles. The van der Waals surface area contributed by atoms with Gasteiger partial charge in [-0.1, -0.05) is 63.4 Å². The summed E-state index contributed by atoms with van der Waals surface area (Å²) in [6.45, 7) is 22.1. The molecule has 0 radical (unpaired) electrons. The van der Waals surface area contributed by atoms with Crippen LogP contribution in [0.4, 0.5) is 17.6 Å². The molecule has 0 amide bonds. The zero-order valence-corrected chi connectivity index (χ0v) is 33.2. The second kappa shape index (κ2) is 20.1. The number of alkyl halides is 3. The number of halogens is 4. The molecule has 0 atom stereocenters. The van der Waals surface area contributed by atoms with Gasteiger partial charge >= 0.3 is 42.0 Å². The van der Waals surface area contributed by atoms with E-state index in [-0.39, 0.29) is 67.7 Å². The summed E-state index contributed by atoms with van der Waals surface area (Å²) in [5.41, 5.74) is -1.53.